The molecular weight excluding hydrogens is 478 g/mol. The molecule has 6 nitrogen and oxygen atoms in total. The van der Waals surface area contributed by atoms with Gasteiger partial charge in [-0.3, -0.25) is 4.79 Å². The van der Waals surface area contributed by atoms with Crippen molar-refractivity contribution in [3.8, 4) is 0 Å². The molecule has 6 heteroatoms. The maximum absolute atomic E-state index is 11.9. The Morgan fingerprint density at radius 2 is 1.39 bits per heavy atom. The van der Waals surface area contributed by atoms with Crippen molar-refractivity contribution >= 4 is 12.3 Å². The maximum atomic E-state index is 11.9. The van der Waals surface area contributed by atoms with E-state index in [1.165, 1.54) is 38.5 Å². The maximum Gasteiger partial charge on any atom is 0.306 e. The van der Waals surface area contributed by atoms with Crippen LogP contribution in [0.3, 0.4) is 0 Å². The fraction of sp³-hybridized carbons (Fsp3) is 0.875. The van der Waals surface area contributed by atoms with Crippen LogP contribution in [-0.2, 0) is 23.8 Å². The van der Waals surface area contributed by atoms with E-state index in [4.69, 9.17) is 14.2 Å². The number of unbranched alkanes of at least 4 members (excludes halogenated alkanes) is 13. The molecular formula is C32H61NO5. The van der Waals surface area contributed by atoms with Gasteiger partial charge in [0.25, 0.3) is 0 Å². The highest BCUT2D eigenvalue weighted by atomic mass is 16.7. The van der Waals surface area contributed by atoms with Crippen molar-refractivity contribution in [2.45, 2.75) is 148 Å². The number of carbonyl (C=O) groups excluding carboxylic acids is 2. The van der Waals surface area contributed by atoms with Crippen molar-refractivity contribution in [3.63, 3.8) is 0 Å². The van der Waals surface area contributed by atoms with Gasteiger partial charge in [0.05, 0.1) is 12.7 Å². The molecule has 0 saturated heterocycles. The Morgan fingerprint density at radius 3 is 2.05 bits per heavy atom. The van der Waals surface area contributed by atoms with E-state index >= 15 is 0 Å². The Bertz CT molecular complexity index is 552. The standard InChI is InChI=1S/C32H61NO5/c1-5-6-7-8-11-17-22-28-37-32(35)25-20-15-12-14-19-24-31(23-18-13-9-10-16-21-27-34)38-30(2)36-29-26-33(3)4/h17,22,27,30-31H,5-16,18-21,23-26,28-29H2,1-4H3/b22-17-. The first-order valence-corrected chi connectivity index (χ1v) is 15.7. The molecule has 0 amide bonds. The molecule has 0 radical (unpaired) electrons. The van der Waals surface area contributed by atoms with Gasteiger partial charge < -0.3 is 23.9 Å². The van der Waals surface area contributed by atoms with E-state index in [0.29, 0.717) is 26.1 Å². The second-order valence-electron chi connectivity index (χ2n) is 10.8. The number of aldehydes is 1. The molecule has 2 atom stereocenters. The molecule has 0 aliphatic heterocycles. The van der Waals surface area contributed by atoms with Gasteiger partial charge in [-0.25, -0.2) is 0 Å². The summed E-state index contributed by atoms with van der Waals surface area (Å²) >= 11 is 0. The number of esters is 1. The van der Waals surface area contributed by atoms with Crippen LogP contribution in [0, 0.1) is 0 Å². The summed E-state index contributed by atoms with van der Waals surface area (Å²) < 4.78 is 17.4. The predicted molar refractivity (Wildman–Crippen MR) is 158 cm³/mol. The summed E-state index contributed by atoms with van der Waals surface area (Å²) in [6, 6.07) is 0. The summed E-state index contributed by atoms with van der Waals surface area (Å²) in [6.45, 7) is 6.20. The summed E-state index contributed by atoms with van der Waals surface area (Å²) in [5.74, 6) is -0.0801. The monoisotopic (exact) mass is 539 g/mol. The van der Waals surface area contributed by atoms with E-state index in [-0.39, 0.29) is 18.4 Å². The van der Waals surface area contributed by atoms with Crippen LogP contribution in [0.15, 0.2) is 12.2 Å². The van der Waals surface area contributed by atoms with Gasteiger partial charge >= 0.3 is 5.97 Å². The lowest BCUT2D eigenvalue weighted by atomic mass is 10.0. The third-order valence-corrected chi connectivity index (χ3v) is 6.76. The number of allylic oxidation sites excluding steroid dienone is 1. The number of carbonyl (C=O) groups is 2. The summed E-state index contributed by atoms with van der Waals surface area (Å²) in [5, 5.41) is 0. The second-order valence-corrected chi connectivity index (χ2v) is 10.8. The van der Waals surface area contributed by atoms with E-state index in [2.05, 4.69) is 17.9 Å². The zero-order valence-corrected chi connectivity index (χ0v) is 25.4. The zero-order chi connectivity index (χ0) is 28.1. The summed E-state index contributed by atoms with van der Waals surface area (Å²) in [5.41, 5.74) is 0. The molecule has 0 bridgehead atoms. The van der Waals surface area contributed by atoms with Crippen LogP contribution in [0.5, 0.6) is 0 Å². The van der Waals surface area contributed by atoms with Crippen molar-refractivity contribution in [2.24, 2.45) is 0 Å². The third kappa shape index (κ3) is 27.8. The van der Waals surface area contributed by atoms with Gasteiger partial charge in [-0.05, 0) is 59.5 Å². The van der Waals surface area contributed by atoms with Crippen LogP contribution in [0.2, 0.25) is 0 Å². The number of nitrogens with zero attached hydrogens (tertiary/aromatic N) is 1. The lowest BCUT2D eigenvalue weighted by Gasteiger charge is -2.23. The molecule has 0 aliphatic rings. The molecule has 0 aromatic heterocycles. The molecule has 224 valence electrons. The topological polar surface area (TPSA) is 65.1 Å². The lowest BCUT2D eigenvalue weighted by Crippen LogP contribution is -2.26. The minimum atomic E-state index is -0.186. The van der Waals surface area contributed by atoms with E-state index < -0.39 is 0 Å². The van der Waals surface area contributed by atoms with Gasteiger partial charge in [0.1, 0.15) is 12.9 Å². The number of hydrogen-bond donors (Lipinski definition) is 0. The Hall–Kier alpha value is -1.24. The van der Waals surface area contributed by atoms with Crippen molar-refractivity contribution in [2.75, 3.05) is 33.9 Å². The lowest BCUT2D eigenvalue weighted by molar-refractivity contribution is -0.164. The Morgan fingerprint density at radius 1 is 0.789 bits per heavy atom. The first kappa shape index (κ1) is 36.8. The molecule has 0 aromatic carbocycles. The summed E-state index contributed by atoms with van der Waals surface area (Å²) in [7, 11) is 4.09. The SMILES string of the molecule is CCCCCC/C=C\COC(=O)CCCCCCCC(CCCCCCCC=O)OC(C)OCCN(C)C. The molecule has 2 unspecified atom stereocenters. The zero-order valence-electron chi connectivity index (χ0n) is 25.4. The van der Waals surface area contributed by atoms with E-state index in [1.807, 2.05) is 27.1 Å². The largest absolute Gasteiger partial charge is 0.461 e. The van der Waals surface area contributed by atoms with E-state index in [0.717, 1.165) is 83.5 Å². The van der Waals surface area contributed by atoms with Gasteiger partial charge in [-0.15, -0.1) is 0 Å². The number of rotatable bonds is 29. The fourth-order valence-corrected chi connectivity index (χ4v) is 4.38. The highest BCUT2D eigenvalue weighted by Crippen LogP contribution is 2.18. The fourth-order valence-electron chi connectivity index (χ4n) is 4.38. The van der Waals surface area contributed by atoms with Gasteiger partial charge in [0, 0.05) is 19.4 Å². The summed E-state index contributed by atoms with van der Waals surface area (Å²) in [4.78, 5) is 24.5. The van der Waals surface area contributed by atoms with Crippen LogP contribution in [0.25, 0.3) is 0 Å². The second kappa shape index (κ2) is 28.8. The molecule has 0 spiro atoms. The minimum Gasteiger partial charge on any atom is -0.461 e. The minimum absolute atomic E-state index is 0.0801. The first-order valence-electron chi connectivity index (χ1n) is 15.7. The van der Waals surface area contributed by atoms with Crippen molar-refractivity contribution in [1.29, 1.82) is 0 Å². The highest BCUT2D eigenvalue weighted by Gasteiger charge is 2.14. The third-order valence-electron chi connectivity index (χ3n) is 6.76. The van der Waals surface area contributed by atoms with Gasteiger partial charge in [-0.2, -0.15) is 0 Å². The number of ether oxygens (including phenoxy) is 3. The van der Waals surface area contributed by atoms with Gasteiger partial charge in [0.15, 0.2) is 6.29 Å². The van der Waals surface area contributed by atoms with E-state index in [1.54, 1.807) is 0 Å². The molecule has 0 fully saturated rings. The Labute approximate surface area is 235 Å². The Kier molecular flexibility index (Phi) is 27.8. The van der Waals surface area contributed by atoms with Crippen molar-refractivity contribution in [3.05, 3.63) is 12.2 Å². The predicted octanol–water partition coefficient (Wildman–Crippen LogP) is 8.03. The molecule has 0 aromatic rings. The van der Waals surface area contributed by atoms with Crippen molar-refractivity contribution in [1.82, 2.24) is 4.90 Å². The molecule has 0 rings (SSSR count). The van der Waals surface area contributed by atoms with Crippen LogP contribution in [0.4, 0.5) is 0 Å². The van der Waals surface area contributed by atoms with Gasteiger partial charge in [-0.1, -0.05) is 89.7 Å². The molecule has 38 heavy (non-hydrogen) atoms. The molecule has 0 saturated carbocycles. The average Bonchev–Trinajstić information content (AvgIpc) is 2.88. The molecule has 0 aliphatic carbocycles. The molecule has 0 N–H and O–H groups in total. The van der Waals surface area contributed by atoms with Crippen LogP contribution in [0.1, 0.15) is 136 Å². The highest BCUT2D eigenvalue weighted by molar-refractivity contribution is 5.69. The Balaban J connectivity index is 3.99. The number of hydrogen-bond acceptors (Lipinski definition) is 6. The van der Waals surface area contributed by atoms with Crippen LogP contribution in [-0.4, -0.2) is 63.4 Å². The summed E-state index contributed by atoms with van der Waals surface area (Å²) in [6.07, 6.45) is 25.7. The normalized spacial score (nSPS) is 13.3. The molecule has 0 heterocycles. The van der Waals surface area contributed by atoms with E-state index in [9.17, 15) is 9.59 Å². The average molecular weight is 540 g/mol. The number of likely N-dealkylation sites (N-methyl/N-ethyl adjacent to an activating group) is 1. The quantitative estimate of drug-likeness (QED) is 0.0315. The van der Waals surface area contributed by atoms with Crippen molar-refractivity contribution < 1.29 is 23.8 Å². The first-order chi connectivity index (χ1) is 18.5. The van der Waals surface area contributed by atoms with Crippen LogP contribution < -0.4 is 0 Å². The smallest absolute Gasteiger partial charge is 0.306 e. The van der Waals surface area contributed by atoms with Gasteiger partial charge in [0.2, 0.25) is 0 Å². The van der Waals surface area contributed by atoms with Crippen LogP contribution >= 0.6 is 0 Å².